The summed E-state index contributed by atoms with van der Waals surface area (Å²) in [6.45, 7) is 2.51. The number of ketones is 2. The molecule has 3 aliphatic rings. The molecule has 0 saturated carbocycles. The van der Waals surface area contributed by atoms with Crippen LogP contribution in [0.5, 0.6) is 11.5 Å². The monoisotopic (exact) mass is 541 g/mol. The van der Waals surface area contributed by atoms with E-state index in [2.05, 4.69) is 10.2 Å². The smallest absolute Gasteiger partial charge is 0.252 e. The van der Waals surface area contributed by atoms with Gasteiger partial charge in [0.15, 0.2) is 23.1 Å². The molecule has 40 heavy (non-hydrogen) atoms. The molecule has 0 radical (unpaired) electrons. The van der Waals surface area contributed by atoms with Crippen LogP contribution in [0.25, 0.3) is 0 Å². The van der Waals surface area contributed by atoms with Crippen LogP contribution in [0.2, 0.25) is 0 Å². The Labute approximate surface area is 230 Å². The average molecular weight is 542 g/mol. The number of carbonyl (C=O) groups is 4. The lowest BCUT2D eigenvalue weighted by Gasteiger charge is -2.36. The van der Waals surface area contributed by atoms with Gasteiger partial charge in [0.2, 0.25) is 12.7 Å². The van der Waals surface area contributed by atoms with Crippen LogP contribution < -0.4 is 14.8 Å². The molecule has 0 bridgehead atoms. The van der Waals surface area contributed by atoms with Crippen molar-refractivity contribution in [1.29, 1.82) is 0 Å². The van der Waals surface area contributed by atoms with Gasteiger partial charge in [-0.15, -0.1) is 0 Å². The van der Waals surface area contributed by atoms with E-state index in [4.69, 9.17) is 9.47 Å². The predicted molar refractivity (Wildman–Crippen MR) is 143 cm³/mol. The van der Waals surface area contributed by atoms with Gasteiger partial charge in [0.05, 0.1) is 6.61 Å². The highest BCUT2D eigenvalue weighted by molar-refractivity contribution is 6.28. The lowest BCUT2D eigenvalue weighted by Crippen LogP contribution is -2.55. The fourth-order valence-corrected chi connectivity index (χ4v) is 5.31. The van der Waals surface area contributed by atoms with Crippen LogP contribution in [-0.2, 0) is 11.3 Å². The van der Waals surface area contributed by atoms with Crippen molar-refractivity contribution in [2.24, 2.45) is 0 Å². The van der Waals surface area contributed by atoms with E-state index in [1.54, 1.807) is 29.2 Å². The minimum absolute atomic E-state index is 0.124. The summed E-state index contributed by atoms with van der Waals surface area (Å²) in [6, 6.07) is 15.5. The van der Waals surface area contributed by atoms with E-state index in [0.29, 0.717) is 43.9 Å². The summed E-state index contributed by atoms with van der Waals surface area (Å²) in [7, 11) is 0. The summed E-state index contributed by atoms with van der Waals surface area (Å²) >= 11 is 0. The Morgan fingerprint density at radius 1 is 0.825 bits per heavy atom. The molecule has 3 aromatic rings. The maximum atomic E-state index is 13.2. The second kappa shape index (κ2) is 10.6. The first-order chi connectivity index (χ1) is 19.4. The van der Waals surface area contributed by atoms with Crippen LogP contribution in [0.1, 0.15) is 47.8 Å². The van der Waals surface area contributed by atoms with Crippen molar-refractivity contribution in [3.63, 3.8) is 0 Å². The molecular formula is C30H27N3O7. The maximum absolute atomic E-state index is 13.2. The summed E-state index contributed by atoms with van der Waals surface area (Å²) in [6.07, 6.45) is 0. The molecule has 204 valence electrons. The molecule has 1 fully saturated rings. The number of rotatable bonds is 6. The molecule has 1 saturated heterocycles. The Balaban J connectivity index is 1.08. The van der Waals surface area contributed by atoms with Gasteiger partial charge in [-0.25, -0.2) is 0 Å². The Morgan fingerprint density at radius 3 is 2.23 bits per heavy atom. The van der Waals surface area contributed by atoms with Gasteiger partial charge in [0.1, 0.15) is 6.04 Å². The van der Waals surface area contributed by atoms with Crippen molar-refractivity contribution >= 4 is 23.4 Å². The third-order valence-corrected chi connectivity index (χ3v) is 7.50. The van der Waals surface area contributed by atoms with E-state index in [9.17, 15) is 24.3 Å². The standard InChI is InChI=1S/C30H27N3O7/c34-16-24(30(38)33-11-9-32(10-12-33)15-18-5-8-25-26(13-18)40-17-39-25)31-29(37)19-6-7-22-23(14-19)28(36)21-4-2-1-3-20(21)27(22)35/h1-8,13-14,24,34H,9-12,15-17H2,(H,31,37). The van der Waals surface area contributed by atoms with Gasteiger partial charge >= 0.3 is 0 Å². The average Bonchev–Trinajstić information content (AvgIpc) is 3.46. The van der Waals surface area contributed by atoms with E-state index >= 15 is 0 Å². The molecule has 2 N–H and O–H groups in total. The molecule has 2 aliphatic heterocycles. The minimum atomic E-state index is -1.14. The number of ether oxygens (including phenoxy) is 2. The Hall–Kier alpha value is -4.54. The second-order valence-corrected chi connectivity index (χ2v) is 9.96. The molecule has 10 heteroatoms. The third-order valence-electron chi connectivity index (χ3n) is 7.50. The van der Waals surface area contributed by atoms with Gasteiger partial charge in [-0.3, -0.25) is 24.1 Å². The lowest BCUT2D eigenvalue weighted by atomic mass is 9.83. The van der Waals surface area contributed by atoms with Gasteiger partial charge in [0.25, 0.3) is 5.91 Å². The molecule has 10 nitrogen and oxygen atoms in total. The molecule has 1 unspecified atom stereocenters. The van der Waals surface area contributed by atoms with E-state index < -0.39 is 18.6 Å². The van der Waals surface area contributed by atoms with Crippen LogP contribution in [-0.4, -0.2) is 83.9 Å². The molecular weight excluding hydrogens is 514 g/mol. The first kappa shape index (κ1) is 25.7. The van der Waals surface area contributed by atoms with Crippen molar-refractivity contribution in [2.75, 3.05) is 39.6 Å². The SMILES string of the molecule is O=C(NC(CO)C(=O)N1CCN(Cc2ccc3c(c2)OCO3)CC1)c1ccc2c(c1)C(=O)c1ccccc1C2=O. The van der Waals surface area contributed by atoms with Gasteiger partial charge in [-0.2, -0.15) is 0 Å². The molecule has 0 aromatic heterocycles. The van der Waals surface area contributed by atoms with Crippen LogP contribution in [0.15, 0.2) is 60.7 Å². The molecule has 1 atom stereocenters. The van der Waals surface area contributed by atoms with Crippen LogP contribution in [0, 0.1) is 0 Å². The van der Waals surface area contributed by atoms with Gasteiger partial charge < -0.3 is 24.8 Å². The maximum Gasteiger partial charge on any atom is 0.252 e. The normalized spacial score (nSPS) is 16.8. The van der Waals surface area contributed by atoms with Crippen molar-refractivity contribution in [1.82, 2.24) is 15.1 Å². The number of nitrogens with one attached hydrogen (secondary N) is 1. The van der Waals surface area contributed by atoms with E-state index in [0.717, 1.165) is 17.1 Å². The number of nitrogens with zero attached hydrogens (tertiary/aromatic N) is 2. The number of hydrogen-bond donors (Lipinski definition) is 2. The van der Waals surface area contributed by atoms with Crippen molar-refractivity contribution in [2.45, 2.75) is 12.6 Å². The zero-order valence-electron chi connectivity index (χ0n) is 21.6. The number of aliphatic hydroxyl groups is 1. The van der Waals surface area contributed by atoms with E-state index in [-0.39, 0.29) is 41.0 Å². The summed E-state index contributed by atoms with van der Waals surface area (Å²) in [5.74, 6) is -0.149. The predicted octanol–water partition coefficient (Wildman–Crippen LogP) is 1.63. The van der Waals surface area contributed by atoms with Crippen molar-refractivity contribution in [3.05, 3.63) is 94.0 Å². The summed E-state index contributed by atoms with van der Waals surface area (Å²) in [5.41, 5.74) is 2.20. The van der Waals surface area contributed by atoms with Crippen molar-refractivity contribution < 1.29 is 33.8 Å². The van der Waals surface area contributed by atoms with Crippen LogP contribution in [0.3, 0.4) is 0 Å². The number of hydrogen-bond acceptors (Lipinski definition) is 8. The minimum Gasteiger partial charge on any atom is -0.454 e. The summed E-state index contributed by atoms with van der Waals surface area (Å²) in [5, 5.41) is 12.5. The molecule has 1 aliphatic carbocycles. The zero-order chi connectivity index (χ0) is 27.8. The zero-order valence-corrected chi connectivity index (χ0v) is 21.6. The Bertz CT molecular complexity index is 1530. The van der Waals surface area contributed by atoms with E-state index in [1.807, 2.05) is 18.2 Å². The number of carbonyl (C=O) groups excluding carboxylic acids is 4. The van der Waals surface area contributed by atoms with Crippen molar-refractivity contribution in [3.8, 4) is 11.5 Å². The second-order valence-electron chi connectivity index (χ2n) is 9.96. The highest BCUT2D eigenvalue weighted by Gasteiger charge is 2.32. The highest BCUT2D eigenvalue weighted by Crippen LogP contribution is 2.33. The number of piperazine rings is 1. The molecule has 6 rings (SSSR count). The number of benzene rings is 3. The number of amides is 2. The fourth-order valence-electron chi connectivity index (χ4n) is 5.31. The largest absolute Gasteiger partial charge is 0.454 e. The van der Waals surface area contributed by atoms with E-state index in [1.165, 1.54) is 18.2 Å². The van der Waals surface area contributed by atoms with Gasteiger partial charge in [-0.05, 0) is 35.9 Å². The molecule has 0 spiro atoms. The Kier molecular flexibility index (Phi) is 6.79. The topological polar surface area (TPSA) is 125 Å². The summed E-state index contributed by atoms with van der Waals surface area (Å²) in [4.78, 5) is 55.9. The van der Waals surface area contributed by atoms with Gasteiger partial charge in [0, 0.05) is 60.5 Å². The molecule has 3 aromatic carbocycles. The fraction of sp³-hybridized carbons (Fsp3) is 0.267. The van der Waals surface area contributed by atoms with Crippen LogP contribution >= 0.6 is 0 Å². The first-order valence-electron chi connectivity index (χ1n) is 13.1. The number of fused-ring (bicyclic) bond motifs is 3. The summed E-state index contributed by atoms with van der Waals surface area (Å²) < 4.78 is 10.8. The quantitative estimate of drug-likeness (QED) is 0.377. The van der Waals surface area contributed by atoms with Crippen LogP contribution in [0.4, 0.5) is 0 Å². The molecule has 2 amide bonds. The lowest BCUT2D eigenvalue weighted by molar-refractivity contribution is -0.136. The highest BCUT2D eigenvalue weighted by atomic mass is 16.7. The number of aliphatic hydroxyl groups excluding tert-OH is 1. The first-order valence-corrected chi connectivity index (χ1v) is 13.1. The molecule has 2 heterocycles. The Morgan fingerprint density at radius 2 is 1.50 bits per heavy atom. The van der Waals surface area contributed by atoms with Gasteiger partial charge in [-0.1, -0.05) is 30.3 Å². The third kappa shape index (κ3) is 4.72.